The van der Waals surface area contributed by atoms with Crippen LogP contribution in [-0.4, -0.2) is 20.7 Å². The van der Waals surface area contributed by atoms with Gasteiger partial charge in [-0.25, -0.2) is 9.37 Å². The van der Waals surface area contributed by atoms with Crippen LogP contribution >= 0.6 is 0 Å². The molecular weight excluding hydrogens is 257 g/mol. The summed E-state index contributed by atoms with van der Waals surface area (Å²) < 4.78 is 14.8. The van der Waals surface area contributed by atoms with Gasteiger partial charge in [0.2, 0.25) is 0 Å². The average molecular weight is 277 g/mol. The molecule has 0 spiro atoms. The van der Waals surface area contributed by atoms with E-state index in [4.69, 9.17) is 0 Å². The minimum Gasteiger partial charge on any atom is -0.388 e. The fourth-order valence-corrected chi connectivity index (χ4v) is 2.07. The van der Waals surface area contributed by atoms with E-state index in [1.807, 2.05) is 24.7 Å². The Hall–Kier alpha value is -1.72. The number of hydrogen-bond acceptors (Lipinski definition) is 3. The number of aromatic nitrogens is 2. The van der Waals surface area contributed by atoms with Crippen LogP contribution in [0.4, 0.5) is 4.39 Å². The van der Waals surface area contributed by atoms with Crippen molar-refractivity contribution in [2.24, 2.45) is 7.05 Å². The van der Waals surface area contributed by atoms with Crippen molar-refractivity contribution in [3.05, 3.63) is 53.9 Å². The lowest BCUT2D eigenvalue weighted by Crippen LogP contribution is -2.28. The smallest absolute Gasteiger partial charge is 0.123 e. The molecule has 2 rings (SSSR count). The molecule has 0 bridgehead atoms. The summed E-state index contributed by atoms with van der Waals surface area (Å²) in [6.45, 7) is 2.66. The molecule has 5 heteroatoms. The lowest BCUT2D eigenvalue weighted by atomic mass is 10.0. The van der Waals surface area contributed by atoms with E-state index >= 15 is 0 Å². The molecule has 0 saturated heterocycles. The molecule has 2 atom stereocenters. The summed E-state index contributed by atoms with van der Waals surface area (Å²) in [5, 5.41) is 13.4. The average Bonchev–Trinajstić information content (AvgIpc) is 2.82. The first-order chi connectivity index (χ1) is 9.56. The summed E-state index contributed by atoms with van der Waals surface area (Å²) >= 11 is 0. The maximum absolute atomic E-state index is 12.8. The number of aryl methyl sites for hydroxylation is 1. The van der Waals surface area contributed by atoms with Gasteiger partial charge in [0, 0.05) is 25.5 Å². The van der Waals surface area contributed by atoms with Gasteiger partial charge in [-0.3, -0.25) is 0 Å². The predicted molar refractivity (Wildman–Crippen MR) is 75.5 cm³/mol. The number of nitrogens with one attached hydrogen (secondary N) is 1. The molecule has 0 fully saturated rings. The summed E-state index contributed by atoms with van der Waals surface area (Å²) in [6.07, 6.45) is 3.62. The number of benzene rings is 1. The molecule has 1 heterocycles. The topological polar surface area (TPSA) is 50.1 Å². The van der Waals surface area contributed by atoms with Gasteiger partial charge in [-0.15, -0.1) is 0 Å². The Morgan fingerprint density at radius 1 is 1.35 bits per heavy atom. The number of hydrogen-bond donors (Lipinski definition) is 2. The number of aliphatic hydroxyl groups excluding tert-OH is 1. The van der Waals surface area contributed by atoms with Crippen molar-refractivity contribution in [2.75, 3.05) is 0 Å². The molecule has 1 aromatic carbocycles. The van der Waals surface area contributed by atoms with Crippen molar-refractivity contribution in [3.8, 4) is 0 Å². The quantitative estimate of drug-likeness (QED) is 0.850. The van der Waals surface area contributed by atoms with Gasteiger partial charge in [-0.2, -0.15) is 0 Å². The monoisotopic (exact) mass is 277 g/mol. The number of halogens is 1. The Labute approximate surface area is 118 Å². The lowest BCUT2D eigenvalue weighted by molar-refractivity contribution is 0.153. The zero-order valence-electron chi connectivity index (χ0n) is 11.8. The summed E-state index contributed by atoms with van der Waals surface area (Å²) in [5.41, 5.74) is 0.733. The molecule has 0 saturated carbocycles. The normalized spacial score (nSPS) is 14.2. The summed E-state index contributed by atoms with van der Waals surface area (Å²) in [5.74, 6) is 0.662. The zero-order chi connectivity index (χ0) is 14.5. The fraction of sp³-hybridized carbons (Fsp3) is 0.400. The largest absolute Gasteiger partial charge is 0.388 e. The molecule has 0 radical (unpaired) electrons. The first kappa shape index (κ1) is 14.7. The minimum atomic E-state index is -0.598. The minimum absolute atomic E-state index is 0.131. The highest BCUT2D eigenvalue weighted by molar-refractivity contribution is 5.18. The second-order valence-electron chi connectivity index (χ2n) is 5.04. The highest BCUT2D eigenvalue weighted by atomic mass is 19.1. The Kier molecular flexibility index (Phi) is 4.87. The Balaban J connectivity index is 1.83. The summed E-state index contributed by atoms with van der Waals surface area (Å²) in [4.78, 5) is 4.23. The molecule has 2 N–H and O–H groups in total. The third-order valence-corrected chi connectivity index (χ3v) is 3.36. The van der Waals surface area contributed by atoms with Crippen LogP contribution < -0.4 is 5.32 Å². The van der Waals surface area contributed by atoms with Crippen LogP contribution in [0.5, 0.6) is 0 Å². The van der Waals surface area contributed by atoms with Crippen molar-refractivity contribution >= 4 is 0 Å². The van der Waals surface area contributed by atoms with Crippen LogP contribution in [0.1, 0.15) is 30.8 Å². The molecule has 2 aromatic rings. The van der Waals surface area contributed by atoms with Crippen LogP contribution in [0.15, 0.2) is 36.7 Å². The van der Waals surface area contributed by atoms with E-state index in [1.54, 1.807) is 18.3 Å². The summed E-state index contributed by atoms with van der Waals surface area (Å²) in [7, 11) is 1.95. The third-order valence-electron chi connectivity index (χ3n) is 3.36. The molecule has 0 amide bonds. The van der Waals surface area contributed by atoms with Gasteiger partial charge in [-0.1, -0.05) is 12.1 Å². The van der Waals surface area contributed by atoms with E-state index in [0.29, 0.717) is 13.0 Å². The fourth-order valence-electron chi connectivity index (χ4n) is 2.07. The van der Waals surface area contributed by atoms with Crippen LogP contribution in [0.25, 0.3) is 0 Å². The standard InChI is InChI=1S/C15H20FN3O/c1-11(18-10-15-17-7-8-19(15)2)9-14(20)12-3-5-13(16)6-4-12/h3-8,11,14,18,20H,9-10H2,1-2H3. The molecule has 4 nitrogen and oxygen atoms in total. The third kappa shape index (κ3) is 3.88. The molecular formula is C15H20FN3O. The van der Waals surface area contributed by atoms with Crippen LogP contribution in [0.2, 0.25) is 0 Å². The Morgan fingerprint density at radius 3 is 2.65 bits per heavy atom. The van der Waals surface area contributed by atoms with E-state index in [-0.39, 0.29) is 11.9 Å². The van der Waals surface area contributed by atoms with Gasteiger partial charge in [0.15, 0.2) is 0 Å². The number of aliphatic hydroxyl groups is 1. The molecule has 108 valence electrons. The molecule has 0 aliphatic heterocycles. The van der Waals surface area contributed by atoms with Gasteiger partial charge < -0.3 is 15.0 Å². The second-order valence-corrected chi connectivity index (χ2v) is 5.04. The first-order valence-corrected chi connectivity index (χ1v) is 6.69. The summed E-state index contributed by atoms with van der Waals surface area (Å²) in [6, 6.07) is 6.10. The van der Waals surface area contributed by atoms with E-state index in [1.165, 1.54) is 12.1 Å². The molecule has 2 unspecified atom stereocenters. The molecule has 1 aromatic heterocycles. The Morgan fingerprint density at radius 2 is 2.05 bits per heavy atom. The van der Waals surface area contributed by atoms with E-state index in [9.17, 15) is 9.50 Å². The van der Waals surface area contributed by atoms with Gasteiger partial charge >= 0.3 is 0 Å². The van der Waals surface area contributed by atoms with Crippen molar-refractivity contribution in [1.82, 2.24) is 14.9 Å². The lowest BCUT2D eigenvalue weighted by Gasteiger charge is -2.18. The first-order valence-electron chi connectivity index (χ1n) is 6.69. The van der Waals surface area contributed by atoms with E-state index in [0.717, 1.165) is 11.4 Å². The molecule has 0 aliphatic rings. The van der Waals surface area contributed by atoms with Crippen molar-refractivity contribution in [1.29, 1.82) is 0 Å². The maximum atomic E-state index is 12.8. The van der Waals surface area contributed by atoms with Crippen LogP contribution in [0, 0.1) is 5.82 Å². The Bertz CT molecular complexity index is 538. The van der Waals surface area contributed by atoms with Crippen LogP contribution in [-0.2, 0) is 13.6 Å². The van der Waals surface area contributed by atoms with E-state index in [2.05, 4.69) is 10.3 Å². The van der Waals surface area contributed by atoms with Crippen molar-refractivity contribution in [3.63, 3.8) is 0 Å². The second kappa shape index (κ2) is 6.63. The van der Waals surface area contributed by atoms with Gasteiger partial charge in [0.1, 0.15) is 11.6 Å². The number of nitrogens with zero attached hydrogens (tertiary/aromatic N) is 2. The molecule has 20 heavy (non-hydrogen) atoms. The molecule has 0 aliphatic carbocycles. The van der Waals surface area contributed by atoms with Crippen LogP contribution in [0.3, 0.4) is 0 Å². The number of rotatable bonds is 6. The van der Waals surface area contributed by atoms with Gasteiger partial charge in [-0.05, 0) is 31.0 Å². The van der Waals surface area contributed by atoms with Crippen molar-refractivity contribution < 1.29 is 9.50 Å². The maximum Gasteiger partial charge on any atom is 0.123 e. The van der Waals surface area contributed by atoms with Crippen molar-refractivity contribution in [2.45, 2.75) is 32.0 Å². The predicted octanol–water partition coefficient (Wildman–Crippen LogP) is 2.16. The van der Waals surface area contributed by atoms with Gasteiger partial charge in [0.25, 0.3) is 0 Å². The zero-order valence-corrected chi connectivity index (χ0v) is 11.8. The van der Waals surface area contributed by atoms with E-state index < -0.39 is 6.10 Å². The van der Waals surface area contributed by atoms with Gasteiger partial charge in [0.05, 0.1) is 12.6 Å². The number of imidazole rings is 1. The highest BCUT2D eigenvalue weighted by Crippen LogP contribution is 2.18. The highest BCUT2D eigenvalue weighted by Gasteiger charge is 2.12. The SMILES string of the molecule is CC(CC(O)c1ccc(F)cc1)NCc1nccn1C.